The van der Waals surface area contributed by atoms with Crippen molar-refractivity contribution in [2.45, 2.75) is 23.4 Å². The van der Waals surface area contributed by atoms with E-state index in [1.54, 1.807) is 0 Å². The second-order valence-corrected chi connectivity index (χ2v) is 7.30. The van der Waals surface area contributed by atoms with Crippen LogP contribution in [0.15, 0.2) is 52.3 Å². The smallest absolute Gasteiger partial charge is 0.305 e. The molecule has 0 radical (unpaired) electrons. The van der Waals surface area contributed by atoms with Gasteiger partial charge >= 0.3 is 11.9 Å². The van der Waals surface area contributed by atoms with Crippen LogP contribution in [-0.4, -0.2) is 24.6 Å². The third-order valence-electron chi connectivity index (χ3n) is 3.39. The molecule has 2 N–H and O–H groups in total. The first kappa shape index (κ1) is 21.3. The minimum Gasteiger partial charge on any atom is -0.305 e. The van der Waals surface area contributed by atoms with E-state index >= 15 is 0 Å². The van der Waals surface area contributed by atoms with E-state index in [1.807, 2.05) is 0 Å². The van der Waals surface area contributed by atoms with Gasteiger partial charge < -0.3 is 4.57 Å². The third-order valence-corrected chi connectivity index (χ3v) is 4.79. The van der Waals surface area contributed by atoms with Crippen molar-refractivity contribution in [2.24, 2.45) is 0 Å². The number of hydrogen-bond acceptors (Lipinski definition) is 5. The largest absolute Gasteiger partial charge is 0.417 e. The molecule has 0 fully saturated rings. The normalized spacial score (nSPS) is 12.1. The average Bonchev–Trinajstić information content (AvgIpc) is 2.61. The lowest BCUT2D eigenvalue weighted by Crippen LogP contribution is -2.35. The first-order valence-electron chi connectivity index (χ1n) is 7.36. The van der Waals surface area contributed by atoms with Gasteiger partial charge in [-0.1, -0.05) is 0 Å². The fourth-order valence-electron chi connectivity index (χ4n) is 1.99. The van der Waals surface area contributed by atoms with Crippen molar-refractivity contribution < 1.29 is 35.2 Å². The van der Waals surface area contributed by atoms with Crippen LogP contribution in [0, 0.1) is 0 Å². The maximum Gasteiger partial charge on any atom is 0.417 e. The van der Waals surface area contributed by atoms with Gasteiger partial charge in [0.25, 0.3) is 11.5 Å². The number of carbonyl (C=O) groups excluding carboxylic acids is 1. The van der Waals surface area contributed by atoms with Gasteiger partial charge in [0, 0.05) is 12.3 Å². The molecule has 1 heterocycles. The van der Waals surface area contributed by atoms with E-state index in [0.717, 1.165) is 24.3 Å². The molecule has 0 saturated carbocycles. The number of carbonyl (C=O) groups is 1. The number of aromatic nitrogens is 1. The van der Waals surface area contributed by atoms with Crippen molar-refractivity contribution in [2.75, 3.05) is 5.43 Å². The maximum absolute atomic E-state index is 12.7. The Labute approximate surface area is 154 Å². The highest BCUT2D eigenvalue weighted by atomic mass is 32.2. The van der Waals surface area contributed by atoms with Gasteiger partial charge in [-0.3, -0.25) is 20.4 Å². The molecule has 0 aliphatic carbocycles. The molecule has 7 nitrogen and oxygen atoms in total. The van der Waals surface area contributed by atoms with E-state index in [0.29, 0.717) is 22.9 Å². The number of pyridine rings is 1. The summed E-state index contributed by atoms with van der Waals surface area (Å²) in [5.74, 6) is -4.47. The Bertz CT molecular complexity index is 1020. The van der Waals surface area contributed by atoms with Gasteiger partial charge in [-0.25, -0.2) is 8.42 Å². The second kappa shape index (κ2) is 7.96. The highest BCUT2D eigenvalue weighted by Crippen LogP contribution is 2.28. The molecule has 2 rings (SSSR count). The standard InChI is InChI=1S/C15H12F5N3O4S/c16-14(17)28(26,27)11-4-2-10(3-5-11)21-22-12(24)8-23-7-9(15(18,19)20)1-6-13(23)25/h1-7,14,21H,8H2,(H,22,24). The van der Waals surface area contributed by atoms with Crippen molar-refractivity contribution in [1.82, 2.24) is 9.99 Å². The number of amides is 1. The van der Waals surface area contributed by atoms with Gasteiger partial charge in [0.05, 0.1) is 16.1 Å². The first-order chi connectivity index (χ1) is 12.9. The summed E-state index contributed by atoms with van der Waals surface area (Å²) in [6, 6.07) is 5.20. The lowest BCUT2D eigenvalue weighted by Gasteiger charge is -2.12. The lowest BCUT2D eigenvalue weighted by molar-refractivity contribution is -0.138. The first-order valence-corrected chi connectivity index (χ1v) is 8.90. The molecule has 0 aliphatic rings. The van der Waals surface area contributed by atoms with E-state index in [9.17, 15) is 40.0 Å². The Morgan fingerprint density at radius 1 is 1.07 bits per heavy atom. The van der Waals surface area contributed by atoms with Crippen molar-refractivity contribution in [3.8, 4) is 0 Å². The van der Waals surface area contributed by atoms with Crippen molar-refractivity contribution in [3.05, 3.63) is 58.5 Å². The van der Waals surface area contributed by atoms with Crippen LogP contribution >= 0.6 is 0 Å². The summed E-state index contributed by atoms with van der Waals surface area (Å²) < 4.78 is 86.0. The molecule has 0 saturated heterocycles. The van der Waals surface area contributed by atoms with Crippen molar-refractivity contribution >= 4 is 21.4 Å². The molecule has 0 unspecified atom stereocenters. The summed E-state index contributed by atoms with van der Waals surface area (Å²) in [4.78, 5) is 22.7. The molecule has 2 aromatic rings. The zero-order valence-electron chi connectivity index (χ0n) is 13.7. The lowest BCUT2D eigenvalue weighted by atomic mass is 10.3. The van der Waals surface area contributed by atoms with E-state index in [2.05, 4.69) is 10.9 Å². The molecule has 0 aliphatic heterocycles. The fourth-order valence-corrected chi connectivity index (χ4v) is 2.71. The molecule has 1 amide bonds. The molecule has 28 heavy (non-hydrogen) atoms. The number of benzene rings is 1. The van der Waals surface area contributed by atoms with Crippen LogP contribution < -0.4 is 16.4 Å². The van der Waals surface area contributed by atoms with Gasteiger partial charge in [0.1, 0.15) is 6.54 Å². The number of halogens is 5. The zero-order valence-corrected chi connectivity index (χ0v) is 14.5. The number of hydrogen-bond donors (Lipinski definition) is 2. The quantitative estimate of drug-likeness (QED) is 0.545. The molecular formula is C15H12F5N3O4S. The predicted molar refractivity (Wildman–Crippen MR) is 87.1 cm³/mol. The minimum atomic E-state index is -4.76. The number of rotatable bonds is 6. The Morgan fingerprint density at radius 2 is 1.68 bits per heavy atom. The Morgan fingerprint density at radius 3 is 2.21 bits per heavy atom. The summed E-state index contributed by atoms with van der Waals surface area (Å²) in [6.07, 6.45) is -4.20. The molecular weight excluding hydrogens is 413 g/mol. The Kier molecular flexibility index (Phi) is 6.07. The van der Waals surface area contributed by atoms with Crippen LogP contribution in [0.25, 0.3) is 0 Å². The minimum absolute atomic E-state index is 0.109. The average molecular weight is 425 g/mol. The predicted octanol–water partition coefficient (Wildman–Crippen LogP) is 2.01. The number of alkyl halides is 5. The van der Waals surface area contributed by atoms with Crippen LogP contribution in [0.1, 0.15) is 5.56 Å². The summed E-state index contributed by atoms with van der Waals surface area (Å²) in [6.45, 7) is -0.729. The molecule has 0 atom stereocenters. The summed E-state index contributed by atoms with van der Waals surface area (Å²) in [5, 5.41) is 0. The zero-order chi connectivity index (χ0) is 21.1. The van der Waals surface area contributed by atoms with Crippen LogP contribution in [0.2, 0.25) is 0 Å². The number of sulfone groups is 1. The molecule has 13 heteroatoms. The fraction of sp³-hybridized carbons (Fsp3) is 0.200. The molecule has 152 valence electrons. The van der Waals surface area contributed by atoms with E-state index in [1.165, 1.54) is 0 Å². The number of hydrazine groups is 1. The van der Waals surface area contributed by atoms with E-state index < -0.39 is 50.2 Å². The maximum atomic E-state index is 12.7. The Balaban J connectivity index is 2.03. The molecule has 1 aromatic heterocycles. The number of nitrogens with zero attached hydrogens (tertiary/aromatic N) is 1. The second-order valence-electron chi connectivity index (χ2n) is 5.38. The highest BCUT2D eigenvalue weighted by molar-refractivity contribution is 7.91. The summed E-state index contributed by atoms with van der Waals surface area (Å²) >= 11 is 0. The number of nitrogens with one attached hydrogen (secondary N) is 2. The van der Waals surface area contributed by atoms with Gasteiger partial charge in [0.2, 0.25) is 9.84 Å². The SMILES string of the molecule is O=C(Cn1cc(C(F)(F)F)ccc1=O)NNc1ccc(S(=O)(=O)C(F)F)cc1. The molecule has 0 spiro atoms. The monoisotopic (exact) mass is 425 g/mol. The van der Waals surface area contributed by atoms with Crippen LogP contribution in [0.3, 0.4) is 0 Å². The van der Waals surface area contributed by atoms with E-state index in [-0.39, 0.29) is 5.69 Å². The van der Waals surface area contributed by atoms with Gasteiger partial charge in [-0.2, -0.15) is 22.0 Å². The van der Waals surface area contributed by atoms with Crippen molar-refractivity contribution in [3.63, 3.8) is 0 Å². The number of anilines is 1. The molecule has 0 bridgehead atoms. The highest BCUT2D eigenvalue weighted by Gasteiger charge is 2.31. The Hall–Kier alpha value is -2.96. The van der Waals surface area contributed by atoms with Gasteiger partial charge in [-0.15, -0.1) is 0 Å². The van der Waals surface area contributed by atoms with Crippen LogP contribution in [-0.2, 0) is 27.4 Å². The van der Waals surface area contributed by atoms with Crippen molar-refractivity contribution in [1.29, 1.82) is 0 Å². The van der Waals surface area contributed by atoms with Crippen LogP contribution in [0.4, 0.5) is 27.6 Å². The topological polar surface area (TPSA) is 97.3 Å². The third kappa shape index (κ3) is 5.06. The van der Waals surface area contributed by atoms with Gasteiger partial charge in [-0.05, 0) is 30.3 Å². The van der Waals surface area contributed by atoms with E-state index in [4.69, 9.17) is 0 Å². The summed E-state index contributed by atoms with van der Waals surface area (Å²) in [5.41, 5.74) is 2.58. The van der Waals surface area contributed by atoms with Gasteiger partial charge in [0.15, 0.2) is 0 Å². The molecule has 1 aromatic carbocycles. The van der Waals surface area contributed by atoms with Crippen LogP contribution in [0.5, 0.6) is 0 Å². The summed E-state index contributed by atoms with van der Waals surface area (Å²) in [7, 11) is -4.76.